The SMILES string of the molecule is C[18O][C@H]1O[C@H](CO)[C@@H](O)[C@H](O)[C@H]1O. The van der Waals surface area contributed by atoms with E-state index in [4.69, 9.17) is 14.6 Å². The maximum atomic E-state index is 9.28. The predicted octanol–water partition coefficient (Wildman–Crippen LogP) is -2.57. The highest BCUT2D eigenvalue weighted by atomic mass is 18.3. The van der Waals surface area contributed by atoms with Gasteiger partial charge in [-0.25, -0.2) is 0 Å². The van der Waals surface area contributed by atoms with E-state index in [0.717, 1.165) is 0 Å². The Balaban J connectivity index is 2.66. The number of aliphatic hydroxyl groups is 4. The lowest BCUT2D eigenvalue weighted by molar-refractivity contribution is -0.294. The standard InChI is InChI=1S/C7H14O6/c1-12-7-6(11)5(10)4(9)3(2-8)13-7/h3-11H,2H2,1H3/t3-,4-,5+,6-,7+/m1/s1/i12+2. The number of methoxy groups -OCH3 is 1. The highest BCUT2D eigenvalue weighted by Gasteiger charge is 2.43. The maximum Gasteiger partial charge on any atom is 0.186 e. The summed E-state index contributed by atoms with van der Waals surface area (Å²) in [6.07, 6.45) is -5.91. The minimum atomic E-state index is -1.36. The predicted molar refractivity (Wildman–Crippen MR) is 40.8 cm³/mol. The fraction of sp³-hybridized carbons (Fsp3) is 1.00. The lowest BCUT2D eigenvalue weighted by Gasteiger charge is -2.38. The van der Waals surface area contributed by atoms with Gasteiger partial charge in [-0.2, -0.15) is 0 Å². The van der Waals surface area contributed by atoms with Crippen molar-refractivity contribution in [1.29, 1.82) is 0 Å². The molecule has 0 amide bonds. The van der Waals surface area contributed by atoms with Gasteiger partial charge in [-0.1, -0.05) is 0 Å². The van der Waals surface area contributed by atoms with Crippen LogP contribution in [0.2, 0.25) is 0 Å². The van der Waals surface area contributed by atoms with Crippen molar-refractivity contribution >= 4 is 0 Å². The largest absolute Gasteiger partial charge is 0.394 e. The highest BCUT2D eigenvalue weighted by Crippen LogP contribution is 2.20. The second-order valence-electron chi connectivity index (χ2n) is 2.93. The number of aliphatic hydroxyl groups excluding tert-OH is 4. The van der Waals surface area contributed by atoms with Gasteiger partial charge in [0.2, 0.25) is 0 Å². The van der Waals surface area contributed by atoms with E-state index in [1.54, 1.807) is 0 Å². The Labute approximate surface area is 75.3 Å². The number of hydrogen-bond donors (Lipinski definition) is 4. The van der Waals surface area contributed by atoms with Crippen molar-refractivity contribution in [3.63, 3.8) is 0 Å². The molecule has 1 fully saturated rings. The molecule has 5 atom stereocenters. The molecule has 13 heavy (non-hydrogen) atoms. The van der Waals surface area contributed by atoms with Gasteiger partial charge in [0.25, 0.3) is 0 Å². The lowest BCUT2D eigenvalue weighted by Crippen LogP contribution is -2.58. The van der Waals surface area contributed by atoms with Crippen molar-refractivity contribution in [1.82, 2.24) is 0 Å². The molecule has 0 unspecified atom stereocenters. The molecule has 0 radical (unpaired) electrons. The van der Waals surface area contributed by atoms with E-state index < -0.39 is 37.3 Å². The normalized spacial score (nSPS) is 46.4. The molecule has 6 nitrogen and oxygen atoms in total. The minimum Gasteiger partial charge on any atom is -0.394 e. The van der Waals surface area contributed by atoms with E-state index in [1.165, 1.54) is 7.11 Å². The van der Waals surface area contributed by atoms with Crippen LogP contribution in [0.1, 0.15) is 0 Å². The Kier molecular flexibility index (Phi) is 3.60. The topological polar surface area (TPSA) is 99.4 Å². The molecular weight excluding hydrogens is 182 g/mol. The molecule has 78 valence electrons. The first-order valence-corrected chi connectivity index (χ1v) is 3.95. The van der Waals surface area contributed by atoms with Gasteiger partial charge in [-0.05, 0) is 0 Å². The molecule has 0 aromatic carbocycles. The van der Waals surface area contributed by atoms with Crippen molar-refractivity contribution in [3.05, 3.63) is 0 Å². The van der Waals surface area contributed by atoms with Crippen molar-refractivity contribution in [2.75, 3.05) is 13.7 Å². The molecular formula is C7H14O6. The molecule has 1 aliphatic heterocycles. The summed E-state index contributed by atoms with van der Waals surface area (Å²) in [6.45, 7) is -0.440. The smallest absolute Gasteiger partial charge is 0.186 e. The molecule has 1 rings (SSSR count). The van der Waals surface area contributed by atoms with Gasteiger partial charge in [0.1, 0.15) is 24.4 Å². The van der Waals surface area contributed by atoms with E-state index in [1.807, 2.05) is 0 Å². The average molecular weight is 196 g/mol. The first-order valence-electron chi connectivity index (χ1n) is 3.95. The summed E-state index contributed by atoms with van der Waals surface area (Å²) in [5, 5.41) is 36.6. The van der Waals surface area contributed by atoms with Crippen LogP contribution in [0, 0.1) is 0 Å². The summed E-state index contributed by atoms with van der Waals surface area (Å²) < 4.78 is 9.65. The van der Waals surface area contributed by atoms with Gasteiger partial charge in [-0.15, -0.1) is 0 Å². The fourth-order valence-corrected chi connectivity index (χ4v) is 1.26. The number of rotatable bonds is 2. The Morgan fingerprint density at radius 2 is 1.77 bits per heavy atom. The molecule has 4 N–H and O–H groups in total. The van der Waals surface area contributed by atoms with Gasteiger partial charge < -0.3 is 29.9 Å². The van der Waals surface area contributed by atoms with Gasteiger partial charge >= 0.3 is 0 Å². The van der Waals surface area contributed by atoms with Crippen LogP contribution >= 0.6 is 0 Å². The summed E-state index contributed by atoms with van der Waals surface area (Å²) in [7, 11) is 1.30. The maximum absolute atomic E-state index is 9.28. The van der Waals surface area contributed by atoms with Crippen LogP contribution in [0.25, 0.3) is 0 Å². The third-order valence-corrected chi connectivity index (χ3v) is 2.08. The summed E-state index contributed by atoms with van der Waals surface area (Å²) >= 11 is 0. The molecule has 0 aliphatic carbocycles. The van der Waals surface area contributed by atoms with E-state index >= 15 is 0 Å². The second kappa shape index (κ2) is 4.32. The zero-order valence-electron chi connectivity index (χ0n) is 7.20. The first kappa shape index (κ1) is 10.8. The average Bonchev–Trinajstić information content (AvgIpc) is 2.15. The molecule has 0 bridgehead atoms. The molecule has 1 saturated heterocycles. The summed E-state index contributed by atoms with van der Waals surface area (Å²) in [4.78, 5) is 0. The zero-order chi connectivity index (χ0) is 10.0. The van der Waals surface area contributed by atoms with Crippen LogP contribution in [0.3, 0.4) is 0 Å². The van der Waals surface area contributed by atoms with Crippen molar-refractivity contribution in [2.45, 2.75) is 30.7 Å². The molecule has 0 spiro atoms. The van der Waals surface area contributed by atoms with Crippen LogP contribution in [-0.4, -0.2) is 64.8 Å². The first-order chi connectivity index (χ1) is 6.11. The fourth-order valence-electron chi connectivity index (χ4n) is 1.26. The van der Waals surface area contributed by atoms with Crippen LogP contribution < -0.4 is 0 Å². The molecule has 0 aromatic rings. The van der Waals surface area contributed by atoms with Gasteiger partial charge in [0, 0.05) is 7.11 Å². The second-order valence-corrected chi connectivity index (χ2v) is 2.93. The van der Waals surface area contributed by atoms with Crippen LogP contribution in [-0.2, 0) is 9.47 Å². The van der Waals surface area contributed by atoms with Gasteiger partial charge in [0.15, 0.2) is 6.29 Å². The van der Waals surface area contributed by atoms with Crippen LogP contribution in [0.4, 0.5) is 0 Å². The third kappa shape index (κ3) is 1.98. The monoisotopic (exact) mass is 196 g/mol. The Morgan fingerprint density at radius 3 is 2.23 bits per heavy atom. The van der Waals surface area contributed by atoms with Crippen LogP contribution in [0.15, 0.2) is 0 Å². The van der Waals surface area contributed by atoms with Gasteiger partial charge in [0.05, 0.1) is 6.61 Å². The summed E-state index contributed by atoms with van der Waals surface area (Å²) in [5.74, 6) is 0. The number of hydrogen-bond acceptors (Lipinski definition) is 6. The Bertz CT molecular complexity index is 143. The summed E-state index contributed by atoms with van der Waals surface area (Å²) in [6, 6.07) is 0. The Morgan fingerprint density at radius 1 is 1.15 bits per heavy atom. The zero-order valence-corrected chi connectivity index (χ0v) is 7.20. The lowest BCUT2D eigenvalue weighted by atomic mass is 10.00. The van der Waals surface area contributed by atoms with E-state index in [-0.39, 0.29) is 0 Å². The van der Waals surface area contributed by atoms with Crippen molar-refractivity contribution in [3.8, 4) is 0 Å². The third-order valence-electron chi connectivity index (χ3n) is 2.08. The molecule has 1 heterocycles. The van der Waals surface area contributed by atoms with E-state index in [9.17, 15) is 15.3 Å². The molecule has 6 heteroatoms. The quantitative estimate of drug-likeness (QED) is 0.362. The highest BCUT2D eigenvalue weighted by molar-refractivity contribution is 4.88. The molecule has 0 aromatic heterocycles. The summed E-state index contributed by atoms with van der Waals surface area (Å²) in [5.41, 5.74) is 0. The Hall–Kier alpha value is -0.240. The molecule has 1 aliphatic rings. The molecule has 0 saturated carbocycles. The minimum absolute atomic E-state index is 0.440. The van der Waals surface area contributed by atoms with Crippen molar-refractivity contribution < 1.29 is 29.9 Å². The van der Waals surface area contributed by atoms with E-state index in [0.29, 0.717) is 0 Å². The van der Waals surface area contributed by atoms with Crippen LogP contribution in [0.5, 0.6) is 0 Å². The van der Waals surface area contributed by atoms with Gasteiger partial charge in [-0.3, -0.25) is 0 Å². The van der Waals surface area contributed by atoms with E-state index in [2.05, 4.69) is 0 Å². The van der Waals surface area contributed by atoms with Crippen molar-refractivity contribution in [2.24, 2.45) is 0 Å². The number of ether oxygens (including phenoxy) is 2.